The number of hydrogen-bond acceptors (Lipinski definition) is 4. The first-order valence-corrected chi connectivity index (χ1v) is 7.90. The Balaban J connectivity index is 1.91. The van der Waals surface area contributed by atoms with E-state index in [4.69, 9.17) is 5.73 Å². The third-order valence-corrected chi connectivity index (χ3v) is 4.65. The monoisotopic (exact) mass is 284 g/mol. The molecule has 2 aromatic rings. The number of fused-ring (bicyclic) bond motifs is 1. The van der Waals surface area contributed by atoms with Crippen molar-refractivity contribution in [2.24, 2.45) is 11.8 Å². The highest BCUT2D eigenvalue weighted by atomic mass is 15.2. The Bertz CT molecular complexity index is 623. The minimum Gasteiger partial charge on any atom is -0.399 e. The summed E-state index contributed by atoms with van der Waals surface area (Å²) < 4.78 is 0. The molecule has 0 spiro atoms. The van der Waals surface area contributed by atoms with Crippen LogP contribution in [0.2, 0.25) is 0 Å². The Hall–Kier alpha value is -1.84. The van der Waals surface area contributed by atoms with E-state index in [1.807, 2.05) is 18.2 Å². The molecular formula is C17H24N4. The molecule has 3 rings (SSSR count). The van der Waals surface area contributed by atoms with Crippen LogP contribution in [0.5, 0.6) is 0 Å². The molecule has 1 unspecified atom stereocenters. The third-order valence-electron chi connectivity index (χ3n) is 4.65. The molecule has 2 N–H and O–H groups in total. The van der Waals surface area contributed by atoms with Crippen molar-refractivity contribution in [1.82, 2.24) is 9.97 Å². The van der Waals surface area contributed by atoms with E-state index in [1.54, 1.807) is 6.33 Å². The van der Waals surface area contributed by atoms with Crippen LogP contribution in [0.25, 0.3) is 10.9 Å². The van der Waals surface area contributed by atoms with Crippen molar-refractivity contribution in [3.8, 4) is 0 Å². The van der Waals surface area contributed by atoms with Crippen molar-refractivity contribution in [2.45, 2.75) is 33.1 Å². The van der Waals surface area contributed by atoms with Crippen molar-refractivity contribution in [2.75, 3.05) is 23.7 Å². The molecule has 0 saturated carbocycles. The number of benzene rings is 1. The van der Waals surface area contributed by atoms with Crippen LogP contribution >= 0.6 is 0 Å². The molecule has 1 aliphatic heterocycles. The molecule has 0 radical (unpaired) electrons. The van der Waals surface area contributed by atoms with Gasteiger partial charge in [-0.25, -0.2) is 9.97 Å². The van der Waals surface area contributed by atoms with Crippen LogP contribution in [0.3, 0.4) is 0 Å². The molecule has 21 heavy (non-hydrogen) atoms. The first-order valence-electron chi connectivity index (χ1n) is 7.90. The van der Waals surface area contributed by atoms with Gasteiger partial charge in [0.05, 0.1) is 5.52 Å². The number of nitrogens with zero attached hydrogens (tertiary/aromatic N) is 3. The van der Waals surface area contributed by atoms with Gasteiger partial charge in [0.2, 0.25) is 0 Å². The normalized spacial score (nSPS) is 20.0. The smallest absolute Gasteiger partial charge is 0.139 e. The highest BCUT2D eigenvalue weighted by Crippen LogP contribution is 2.30. The number of rotatable bonds is 2. The Kier molecular flexibility index (Phi) is 3.95. The molecular weight excluding hydrogens is 260 g/mol. The molecule has 1 fully saturated rings. The van der Waals surface area contributed by atoms with Gasteiger partial charge in [0.1, 0.15) is 12.1 Å². The number of aromatic nitrogens is 2. The lowest BCUT2D eigenvalue weighted by Crippen LogP contribution is -2.25. The van der Waals surface area contributed by atoms with Crippen LogP contribution in [0.15, 0.2) is 24.5 Å². The molecule has 2 heterocycles. The average molecular weight is 284 g/mol. The largest absolute Gasteiger partial charge is 0.399 e. The highest BCUT2D eigenvalue weighted by molar-refractivity contribution is 5.91. The zero-order chi connectivity index (χ0) is 14.8. The molecule has 0 aliphatic carbocycles. The summed E-state index contributed by atoms with van der Waals surface area (Å²) in [5.74, 6) is 2.63. The average Bonchev–Trinajstić information content (AvgIpc) is 2.72. The zero-order valence-corrected chi connectivity index (χ0v) is 12.9. The fraction of sp³-hybridized carbons (Fsp3) is 0.529. The summed E-state index contributed by atoms with van der Waals surface area (Å²) in [4.78, 5) is 11.3. The first kappa shape index (κ1) is 14.1. The Morgan fingerprint density at radius 1 is 1.19 bits per heavy atom. The Morgan fingerprint density at radius 2 is 2.05 bits per heavy atom. The van der Waals surface area contributed by atoms with E-state index >= 15 is 0 Å². The van der Waals surface area contributed by atoms with Gasteiger partial charge in [0.15, 0.2) is 0 Å². The van der Waals surface area contributed by atoms with E-state index in [2.05, 4.69) is 28.7 Å². The lowest BCUT2D eigenvalue weighted by atomic mass is 9.89. The Morgan fingerprint density at radius 3 is 2.86 bits per heavy atom. The lowest BCUT2D eigenvalue weighted by Gasteiger charge is -2.23. The van der Waals surface area contributed by atoms with Crippen LogP contribution in [-0.2, 0) is 0 Å². The second kappa shape index (κ2) is 5.88. The van der Waals surface area contributed by atoms with Gasteiger partial charge in [-0.3, -0.25) is 0 Å². The predicted octanol–water partition coefficient (Wildman–Crippen LogP) is 3.47. The predicted molar refractivity (Wildman–Crippen MR) is 88.3 cm³/mol. The molecule has 0 bridgehead atoms. The highest BCUT2D eigenvalue weighted by Gasteiger charge is 2.21. The lowest BCUT2D eigenvalue weighted by molar-refractivity contribution is 0.351. The summed E-state index contributed by atoms with van der Waals surface area (Å²) in [5, 5.41) is 1.07. The summed E-state index contributed by atoms with van der Waals surface area (Å²) in [5.41, 5.74) is 7.68. The van der Waals surface area contributed by atoms with E-state index in [0.717, 1.165) is 47.3 Å². The van der Waals surface area contributed by atoms with Crippen molar-refractivity contribution in [3.05, 3.63) is 24.5 Å². The van der Waals surface area contributed by atoms with Crippen molar-refractivity contribution in [3.63, 3.8) is 0 Å². The van der Waals surface area contributed by atoms with Gasteiger partial charge in [-0.15, -0.1) is 0 Å². The van der Waals surface area contributed by atoms with Crippen LogP contribution in [-0.4, -0.2) is 23.1 Å². The first-order chi connectivity index (χ1) is 10.1. The van der Waals surface area contributed by atoms with Gasteiger partial charge in [-0.1, -0.05) is 13.8 Å². The van der Waals surface area contributed by atoms with Crippen molar-refractivity contribution >= 4 is 22.4 Å². The third kappa shape index (κ3) is 2.94. The maximum Gasteiger partial charge on any atom is 0.139 e. The van der Waals surface area contributed by atoms with Crippen LogP contribution in [0.4, 0.5) is 11.5 Å². The van der Waals surface area contributed by atoms with Crippen LogP contribution in [0, 0.1) is 11.8 Å². The Labute approximate surface area is 126 Å². The fourth-order valence-corrected chi connectivity index (χ4v) is 3.31. The maximum absolute atomic E-state index is 5.94. The van der Waals surface area contributed by atoms with Gasteiger partial charge in [0.25, 0.3) is 0 Å². The van der Waals surface area contributed by atoms with Gasteiger partial charge in [0, 0.05) is 24.2 Å². The second-order valence-corrected chi connectivity index (χ2v) is 6.40. The van der Waals surface area contributed by atoms with E-state index in [0.29, 0.717) is 0 Å². The SMILES string of the molecule is CC(C)C1CCCN(c2ncnc3ccc(N)cc23)CC1. The summed E-state index contributed by atoms with van der Waals surface area (Å²) >= 11 is 0. The number of anilines is 2. The molecule has 112 valence electrons. The van der Waals surface area contributed by atoms with E-state index in [1.165, 1.54) is 19.3 Å². The quantitative estimate of drug-likeness (QED) is 0.858. The van der Waals surface area contributed by atoms with Gasteiger partial charge in [-0.05, 0) is 49.3 Å². The van der Waals surface area contributed by atoms with Crippen molar-refractivity contribution < 1.29 is 0 Å². The van der Waals surface area contributed by atoms with Gasteiger partial charge in [-0.2, -0.15) is 0 Å². The summed E-state index contributed by atoms with van der Waals surface area (Å²) in [6.07, 6.45) is 5.46. The molecule has 1 aliphatic rings. The molecule has 1 atom stereocenters. The standard InChI is InChI=1S/C17H24N4/c1-12(2)13-4-3-8-21(9-7-13)17-15-10-14(18)5-6-16(15)19-11-20-17/h5-6,10-13H,3-4,7-9,18H2,1-2H3. The van der Waals surface area contributed by atoms with E-state index < -0.39 is 0 Å². The minimum atomic E-state index is 0.766. The second-order valence-electron chi connectivity index (χ2n) is 6.40. The van der Waals surface area contributed by atoms with Gasteiger partial charge >= 0.3 is 0 Å². The fourth-order valence-electron chi connectivity index (χ4n) is 3.31. The van der Waals surface area contributed by atoms with Crippen LogP contribution in [0.1, 0.15) is 33.1 Å². The minimum absolute atomic E-state index is 0.766. The maximum atomic E-state index is 5.94. The summed E-state index contributed by atoms with van der Waals surface area (Å²) in [7, 11) is 0. The molecule has 1 aromatic heterocycles. The number of nitrogens with two attached hydrogens (primary N) is 1. The molecule has 1 aromatic carbocycles. The van der Waals surface area contributed by atoms with E-state index in [-0.39, 0.29) is 0 Å². The molecule has 4 heteroatoms. The van der Waals surface area contributed by atoms with Crippen molar-refractivity contribution in [1.29, 1.82) is 0 Å². The number of nitrogen functional groups attached to an aromatic ring is 1. The zero-order valence-electron chi connectivity index (χ0n) is 12.9. The van der Waals surface area contributed by atoms with Gasteiger partial charge < -0.3 is 10.6 Å². The topological polar surface area (TPSA) is 55.0 Å². The molecule has 4 nitrogen and oxygen atoms in total. The molecule has 1 saturated heterocycles. The van der Waals surface area contributed by atoms with Crippen LogP contribution < -0.4 is 10.6 Å². The van der Waals surface area contributed by atoms with E-state index in [9.17, 15) is 0 Å². The number of hydrogen-bond donors (Lipinski definition) is 1. The summed E-state index contributed by atoms with van der Waals surface area (Å²) in [6, 6.07) is 5.87. The molecule has 0 amide bonds. The summed E-state index contributed by atoms with van der Waals surface area (Å²) in [6.45, 7) is 6.82.